The number of benzene rings is 1. The zero-order valence-corrected chi connectivity index (χ0v) is 20.7. The Hall–Kier alpha value is -2.88. The third-order valence-corrected chi connectivity index (χ3v) is 7.17. The first kappa shape index (κ1) is 25.7. The fourth-order valence-corrected chi connectivity index (χ4v) is 4.91. The number of aliphatic hydroxyl groups excluding tert-OH is 1. The monoisotopic (exact) mass is 479 g/mol. The smallest absolute Gasteiger partial charge is 0.348 e. The highest BCUT2D eigenvalue weighted by molar-refractivity contribution is 7.13. The number of carbonyl (C=O) groups excluding carboxylic acids is 2. The van der Waals surface area contributed by atoms with Crippen LogP contribution in [0.3, 0.4) is 0 Å². The molecule has 2 heterocycles. The second kappa shape index (κ2) is 13.1. The van der Waals surface area contributed by atoms with Crippen molar-refractivity contribution in [1.82, 2.24) is 4.90 Å². The van der Waals surface area contributed by atoms with E-state index in [1.54, 1.807) is 6.07 Å². The first-order valence-electron chi connectivity index (χ1n) is 11.8. The van der Waals surface area contributed by atoms with E-state index in [-0.39, 0.29) is 23.8 Å². The van der Waals surface area contributed by atoms with Crippen LogP contribution in [0.1, 0.15) is 52.7 Å². The van der Waals surface area contributed by atoms with Crippen LogP contribution in [-0.2, 0) is 22.4 Å². The molecular weight excluding hydrogens is 446 g/mol. The summed E-state index contributed by atoms with van der Waals surface area (Å²) in [5.74, 6) is 6.23. The van der Waals surface area contributed by atoms with E-state index in [2.05, 4.69) is 24.0 Å². The van der Waals surface area contributed by atoms with E-state index in [4.69, 9.17) is 4.74 Å². The van der Waals surface area contributed by atoms with Crippen LogP contribution in [0, 0.1) is 17.8 Å². The highest BCUT2D eigenvalue weighted by atomic mass is 32.1. The molecule has 180 valence electrons. The quantitative estimate of drug-likeness (QED) is 0.306. The normalized spacial score (nSPS) is 17.4. The maximum Gasteiger partial charge on any atom is 0.348 e. The van der Waals surface area contributed by atoms with Crippen molar-refractivity contribution in [3.05, 3.63) is 69.9 Å². The van der Waals surface area contributed by atoms with Crippen molar-refractivity contribution < 1.29 is 19.4 Å². The van der Waals surface area contributed by atoms with E-state index >= 15 is 0 Å². The highest BCUT2D eigenvalue weighted by Gasteiger charge is 2.28. The van der Waals surface area contributed by atoms with Crippen LogP contribution in [0.5, 0.6) is 0 Å². The minimum absolute atomic E-state index is 0.0208. The lowest BCUT2D eigenvalue weighted by Crippen LogP contribution is -2.33. The fraction of sp³-hybridized carbons (Fsp3) is 0.429. The van der Waals surface area contributed by atoms with Gasteiger partial charge in [-0.25, -0.2) is 4.79 Å². The summed E-state index contributed by atoms with van der Waals surface area (Å²) < 4.78 is 4.76. The number of ether oxygens (including phenoxy) is 1. The van der Waals surface area contributed by atoms with Crippen LogP contribution in [-0.4, -0.2) is 47.7 Å². The summed E-state index contributed by atoms with van der Waals surface area (Å²) in [6.07, 6.45) is 7.50. The molecule has 1 amide bonds. The molecule has 1 aliphatic rings. The molecule has 34 heavy (non-hydrogen) atoms. The van der Waals surface area contributed by atoms with E-state index in [1.165, 1.54) is 24.0 Å². The zero-order valence-electron chi connectivity index (χ0n) is 19.9. The molecule has 3 rings (SSSR count). The van der Waals surface area contributed by atoms with Gasteiger partial charge in [0.1, 0.15) is 4.88 Å². The number of aryl methyl sites for hydroxylation is 1. The molecule has 1 aliphatic heterocycles. The molecule has 0 aliphatic carbocycles. The van der Waals surface area contributed by atoms with Crippen LogP contribution in [0.25, 0.3) is 0 Å². The largest absolute Gasteiger partial charge is 0.465 e. The van der Waals surface area contributed by atoms with Gasteiger partial charge in [-0.1, -0.05) is 55.3 Å². The fourth-order valence-electron chi connectivity index (χ4n) is 3.94. The summed E-state index contributed by atoms with van der Waals surface area (Å²) in [6, 6.07) is 13.9. The van der Waals surface area contributed by atoms with Crippen molar-refractivity contribution in [2.75, 3.05) is 13.7 Å². The molecule has 1 saturated heterocycles. The topological polar surface area (TPSA) is 66.8 Å². The SMILES string of the molecule is COC(=O)c1ccc(CCCN2C(=O)CCC2/C=C/[C@@H](O)[C@H](C)CC#CCc2ccccc2)s1. The minimum atomic E-state index is -0.591. The number of likely N-dealkylation sites (tertiary alicyclic amines) is 1. The summed E-state index contributed by atoms with van der Waals surface area (Å²) >= 11 is 1.44. The average Bonchev–Trinajstić information content (AvgIpc) is 3.47. The van der Waals surface area contributed by atoms with Gasteiger partial charge < -0.3 is 14.7 Å². The van der Waals surface area contributed by atoms with E-state index in [0.29, 0.717) is 30.7 Å². The molecule has 3 atom stereocenters. The predicted molar refractivity (Wildman–Crippen MR) is 136 cm³/mol. The van der Waals surface area contributed by atoms with Crippen LogP contribution in [0.2, 0.25) is 0 Å². The highest BCUT2D eigenvalue weighted by Crippen LogP contribution is 2.23. The van der Waals surface area contributed by atoms with Crippen molar-refractivity contribution in [2.45, 2.75) is 57.6 Å². The Morgan fingerprint density at radius 2 is 2.06 bits per heavy atom. The number of amides is 1. The van der Waals surface area contributed by atoms with Gasteiger partial charge in [-0.05, 0) is 42.9 Å². The number of hydrogen-bond acceptors (Lipinski definition) is 5. The number of hydrogen-bond donors (Lipinski definition) is 1. The van der Waals surface area contributed by atoms with Crippen molar-refractivity contribution in [1.29, 1.82) is 0 Å². The third kappa shape index (κ3) is 7.58. The van der Waals surface area contributed by atoms with Crippen LogP contribution >= 0.6 is 11.3 Å². The van der Waals surface area contributed by atoms with Gasteiger partial charge in [0.05, 0.1) is 19.3 Å². The van der Waals surface area contributed by atoms with Crippen molar-refractivity contribution >= 4 is 23.2 Å². The number of methoxy groups -OCH3 is 1. The number of aliphatic hydroxyl groups is 1. The maximum absolute atomic E-state index is 12.4. The van der Waals surface area contributed by atoms with E-state index in [0.717, 1.165) is 24.1 Å². The molecule has 0 radical (unpaired) electrons. The van der Waals surface area contributed by atoms with Crippen LogP contribution < -0.4 is 0 Å². The van der Waals surface area contributed by atoms with Crippen molar-refractivity contribution in [2.24, 2.45) is 5.92 Å². The average molecular weight is 480 g/mol. The standard InChI is InChI=1S/C28H33NO4S/c1-21(9-6-7-12-22-10-4-3-5-11-22)25(30)17-14-23-15-19-27(31)29(23)20-8-13-24-16-18-26(34-24)28(32)33-2/h3-5,10-11,14,16-18,21,23,25,30H,8-9,12-13,15,19-20H2,1-2H3/b17-14+/t21-,23?,25-/m1/s1. The van der Waals surface area contributed by atoms with Crippen molar-refractivity contribution in [3.63, 3.8) is 0 Å². The number of carbonyl (C=O) groups is 2. The van der Waals surface area contributed by atoms with Gasteiger partial charge >= 0.3 is 5.97 Å². The summed E-state index contributed by atoms with van der Waals surface area (Å²) in [4.78, 5) is 27.6. The summed E-state index contributed by atoms with van der Waals surface area (Å²) in [5, 5.41) is 10.5. The first-order chi connectivity index (χ1) is 16.5. The van der Waals surface area contributed by atoms with Gasteiger partial charge in [-0.3, -0.25) is 4.79 Å². The van der Waals surface area contributed by atoms with Gasteiger partial charge in [0.2, 0.25) is 5.91 Å². The molecule has 1 aromatic heterocycles. The van der Waals surface area contributed by atoms with E-state index in [9.17, 15) is 14.7 Å². The molecule has 0 spiro atoms. The lowest BCUT2D eigenvalue weighted by molar-refractivity contribution is -0.128. The second-order valence-corrected chi connectivity index (χ2v) is 9.80. The van der Waals surface area contributed by atoms with E-state index < -0.39 is 6.10 Å². The molecule has 1 aromatic carbocycles. The van der Waals surface area contributed by atoms with Gasteiger partial charge in [-0.15, -0.1) is 17.3 Å². The van der Waals surface area contributed by atoms with Crippen LogP contribution in [0.15, 0.2) is 54.6 Å². The third-order valence-electron chi connectivity index (χ3n) is 6.04. The Bertz CT molecular complexity index is 1030. The number of nitrogens with zero attached hydrogens (tertiary/aromatic N) is 1. The summed E-state index contributed by atoms with van der Waals surface area (Å²) in [5.41, 5.74) is 1.19. The van der Waals surface area contributed by atoms with E-state index in [1.807, 2.05) is 48.2 Å². The maximum atomic E-state index is 12.4. The van der Waals surface area contributed by atoms with Gasteiger partial charge in [0, 0.05) is 30.7 Å². The Morgan fingerprint density at radius 3 is 2.82 bits per heavy atom. The lowest BCUT2D eigenvalue weighted by Gasteiger charge is -2.23. The molecule has 1 unspecified atom stereocenters. The molecule has 6 heteroatoms. The number of esters is 1. The molecule has 5 nitrogen and oxygen atoms in total. The first-order valence-corrected chi connectivity index (χ1v) is 12.6. The van der Waals surface area contributed by atoms with Crippen LogP contribution in [0.4, 0.5) is 0 Å². The molecule has 0 saturated carbocycles. The molecule has 0 bridgehead atoms. The summed E-state index contributed by atoms with van der Waals surface area (Å²) in [6.45, 7) is 2.66. The second-order valence-electron chi connectivity index (χ2n) is 8.63. The Balaban J connectivity index is 1.44. The number of thiophene rings is 1. The molecule has 2 aromatic rings. The minimum Gasteiger partial charge on any atom is -0.465 e. The molecule has 1 N–H and O–H groups in total. The number of rotatable bonds is 10. The zero-order chi connectivity index (χ0) is 24.3. The van der Waals surface area contributed by atoms with Gasteiger partial charge in [-0.2, -0.15) is 0 Å². The lowest BCUT2D eigenvalue weighted by atomic mass is 9.99. The van der Waals surface area contributed by atoms with Gasteiger partial charge in [0.15, 0.2) is 0 Å². The summed E-state index contributed by atoms with van der Waals surface area (Å²) in [7, 11) is 1.38. The molecular formula is C28H33NO4S. The predicted octanol–water partition coefficient (Wildman–Crippen LogP) is 4.65. The molecule has 1 fully saturated rings. The Morgan fingerprint density at radius 1 is 1.26 bits per heavy atom. The Labute approximate surface area is 206 Å². The van der Waals surface area contributed by atoms with Crippen molar-refractivity contribution in [3.8, 4) is 11.8 Å². The van der Waals surface area contributed by atoms with Gasteiger partial charge in [0.25, 0.3) is 0 Å². The Kier molecular flexibility index (Phi) is 9.93.